The summed E-state index contributed by atoms with van der Waals surface area (Å²) in [5.74, 6) is 0.383. The van der Waals surface area contributed by atoms with Crippen molar-refractivity contribution in [2.24, 2.45) is 11.8 Å². The summed E-state index contributed by atoms with van der Waals surface area (Å²) >= 11 is 0. The summed E-state index contributed by atoms with van der Waals surface area (Å²) < 4.78 is 77.1. The molecule has 2 N–H and O–H groups in total. The molecule has 0 spiro atoms. The van der Waals surface area contributed by atoms with E-state index < -0.39 is 29.9 Å². The molecule has 13 heteroatoms. The Kier molecular flexibility index (Phi) is 11.2. The largest absolute Gasteiger partial charge is 0.468 e. The van der Waals surface area contributed by atoms with Gasteiger partial charge in [-0.2, -0.15) is 9.97 Å². The number of aryl methyl sites for hydroxylation is 1. The fourth-order valence-electron chi connectivity index (χ4n) is 7.01. The molecule has 1 saturated heterocycles. The number of hydrogen-bond acceptors (Lipinski definition) is 9. The van der Waals surface area contributed by atoms with Gasteiger partial charge in [0.1, 0.15) is 28.6 Å². The number of anilines is 1. The molecule has 4 heterocycles. The number of ether oxygens (including phenoxy) is 3. The third kappa shape index (κ3) is 7.43. The number of terminal acetylenes is 1. The van der Waals surface area contributed by atoms with Crippen molar-refractivity contribution in [2.45, 2.75) is 51.5 Å². The van der Waals surface area contributed by atoms with Crippen molar-refractivity contribution in [1.82, 2.24) is 25.2 Å². The van der Waals surface area contributed by atoms with E-state index in [4.69, 9.17) is 25.6 Å². The van der Waals surface area contributed by atoms with E-state index in [9.17, 15) is 8.78 Å². The lowest BCUT2D eigenvalue weighted by Gasteiger charge is -2.35. The number of pyridine rings is 1. The normalized spacial score (nSPS) is 19.6. The van der Waals surface area contributed by atoms with Crippen LogP contribution < -0.4 is 20.1 Å². The summed E-state index contributed by atoms with van der Waals surface area (Å²) in [7, 11) is 3.36. The van der Waals surface area contributed by atoms with Crippen LogP contribution in [0, 0.1) is 35.8 Å². The van der Waals surface area contributed by atoms with Crippen LogP contribution in [0.1, 0.15) is 43.9 Å². The van der Waals surface area contributed by atoms with Gasteiger partial charge in [0.2, 0.25) is 6.43 Å². The topological polar surface area (TPSA) is 93.7 Å². The monoisotopic (exact) mass is 694 g/mol. The van der Waals surface area contributed by atoms with Gasteiger partial charge >= 0.3 is 6.01 Å². The molecule has 0 radical (unpaired) electrons. The van der Waals surface area contributed by atoms with Crippen molar-refractivity contribution in [1.29, 1.82) is 0 Å². The summed E-state index contributed by atoms with van der Waals surface area (Å²) in [6.07, 6.45) is 6.60. The van der Waals surface area contributed by atoms with Gasteiger partial charge in [0, 0.05) is 49.0 Å². The van der Waals surface area contributed by atoms with Crippen LogP contribution in [0.2, 0.25) is 0 Å². The van der Waals surface area contributed by atoms with Crippen LogP contribution in [0.5, 0.6) is 11.8 Å². The number of fused-ring (bicyclic) bond motifs is 1. The van der Waals surface area contributed by atoms with Crippen molar-refractivity contribution >= 4 is 27.5 Å². The van der Waals surface area contributed by atoms with E-state index in [1.54, 1.807) is 18.2 Å². The highest BCUT2D eigenvalue weighted by molar-refractivity contribution is 6.03. The number of benzene rings is 2. The first kappa shape index (κ1) is 35.6. The number of rotatable bonds is 12. The molecular weight excluding hydrogens is 652 g/mol. The van der Waals surface area contributed by atoms with Gasteiger partial charge in [-0.25, -0.2) is 22.5 Å². The molecule has 2 aliphatic rings. The second-order valence-corrected chi connectivity index (χ2v) is 13.0. The highest BCUT2D eigenvalue weighted by atomic mass is 19.3. The number of nitrogens with one attached hydrogen (secondary N) is 2. The SMILES string of the molecule is C#Cc1c(F)ccc2cc(OCOC)cc(-c3nc4c5c(nc(OCC6CN(C)CCC6C(F)F)nc5c3F)NC(CNCCC)CCC4)c12. The minimum atomic E-state index is -2.49. The van der Waals surface area contributed by atoms with Crippen LogP contribution in [0.4, 0.5) is 23.4 Å². The fraction of sp³-hybridized carbons (Fsp3) is 0.486. The Hall–Kier alpha value is -4.25. The van der Waals surface area contributed by atoms with Crippen LogP contribution in [0.3, 0.4) is 0 Å². The summed E-state index contributed by atoms with van der Waals surface area (Å²) in [6, 6.07) is 5.87. The Morgan fingerprint density at radius 3 is 2.72 bits per heavy atom. The quantitative estimate of drug-likeness (QED) is 0.0755. The number of alkyl halides is 2. The molecule has 2 aromatic heterocycles. The van der Waals surface area contributed by atoms with Crippen LogP contribution >= 0.6 is 0 Å². The molecule has 0 amide bonds. The lowest BCUT2D eigenvalue weighted by atomic mass is 9.86. The Morgan fingerprint density at radius 1 is 1.12 bits per heavy atom. The Morgan fingerprint density at radius 2 is 1.96 bits per heavy atom. The van der Waals surface area contributed by atoms with Gasteiger partial charge in [-0.3, -0.25) is 0 Å². The van der Waals surface area contributed by atoms with Gasteiger partial charge in [-0.05, 0) is 75.8 Å². The average molecular weight is 695 g/mol. The standard InChI is InChI=1S/C37H42F4N6O3/c1-5-13-42-17-23-8-7-9-29-31-34(45-37(46-36(31)43-23)49-19-22-18-47(3)14-12-26(22)35(40)41)32(39)33(44-29)27-16-24(50-20-48-4)15-21-10-11-28(38)25(6-2)30(21)27/h2,10-11,15-16,22-23,26,35,42H,5,7-9,12-14,17-20H2,1,3-4H3,(H,43,45,46). The molecule has 0 bridgehead atoms. The molecule has 6 rings (SSSR count). The molecule has 50 heavy (non-hydrogen) atoms. The zero-order valence-corrected chi connectivity index (χ0v) is 28.5. The van der Waals surface area contributed by atoms with Crippen LogP contribution in [-0.2, 0) is 11.2 Å². The van der Waals surface area contributed by atoms with E-state index in [0.29, 0.717) is 65.9 Å². The fourth-order valence-corrected chi connectivity index (χ4v) is 7.01. The van der Waals surface area contributed by atoms with Gasteiger partial charge in [-0.1, -0.05) is 18.9 Å². The van der Waals surface area contributed by atoms with Gasteiger partial charge in [0.25, 0.3) is 0 Å². The summed E-state index contributed by atoms with van der Waals surface area (Å²) in [5, 5.41) is 8.13. The third-order valence-corrected chi connectivity index (χ3v) is 9.49. The van der Waals surface area contributed by atoms with E-state index in [1.165, 1.54) is 13.2 Å². The molecular formula is C37H42F4N6O3. The highest BCUT2D eigenvalue weighted by Gasteiger charge is 2.35. The van der Waals surface area contributed by atoms with E-state index >= 15 is 8.78 Å². The maximum atomic E-state index is 17.1. The van der Waals surface area contributed by atoms with Gasteiger partial charge < -0.3 is 29.7 Å². The van der Waals surface area contributed by atoms with Crippen LogP contribution in [0.15, 0.2) is 24.3 Å². The van der Waals surface area contributed by atoms with Gasteiger partial charge in [0.15, 0.2) is 12.6 Å². The molecule has 3 atom stereocenters. The summed E-state index contributed by atoms with van der Waals surface area (Å²) in [4.78, 5) is 16.1. The molecule has 2 aromatic carbocycles. The van der Waals surface area contributed by atoms with Crippen molar-refractivity contribution < 1.29 is 31.8 Å². The van der Waals surface area contributed by atoms with Crippen molar-refractivity contribution in [2.75, 3.05) is 59.1 Å². The van der Waals surface area contributed by atoms with Crippen molar-refractivity contribution in [3.8, 4) is 35.4 Å². The predicted octanol–water partition coefficient (Wildman–Crippen LogP) is 6.42. The molecule has 0 aliphatic carbocycles. The number of likely N-dealkylation sites (tertiary alicyclic amines) is 1. The number of nitrogens with zero attached hydrogens (tertiary/aromatic N) is 4. The minimum absolute atomic E-state index is 0.0293. The maximum Gasteiger partial charge on any atom is 0.319 e. The molecule has 0 saturated carbocycles. The maximum absolute atomic E-state index is 17.1. The molecule has 3 unspecified atom stereocenters. The first-order chi connectivity index (χ1) is 24.2. The Labute approximate surface area is 289 Å². The number of halogens is 4. The van der Waals surface area contributed by atoms with Gasteiger partial charge in [0.05, 0.1) is 23.3 Å². The van der Waals surface area contributed by atoms with E-state index in [2.05, 4.69) is 33.4 Å². The predicted molar refractivity (Wildman–Crippen MR) is 185 cm³/mol. The van der Waals surface area contributed by atoms with E-state index in [1.807, 2.05) is 11.9 Å². The van der Waals surface area contributed by atoms with E-state index in [-0.39, 0.29) is 47.8 Å². The smallest absolute Gasteiger partial charge is 0.319 e. The lowest BCUT2D eigenvalue weighted by molar-refractivity contribution is -0.0142. The molecule has 9 nitrogen and oxygen atoms in total. The third-order valence-electron chi connectivity index (χ3n) is 9.49. The zero-order valence-electron chi connectivity index (χ0n) is 28.5. The van der Waals surface area contributed by atoms with E-state index in [0.717, 1.165) is 25.8 Å². The number of aromatic nitrogens is 3. The van der Waals surface area contributed by atoms with Crippen LogP contribution in [0.25, 0.3) is 32.9 Å². The molecule has 1 fully saturated rings. The highest BCUT2D eigenvalue weighted by Crippen LogP contribution is 2.41. The molecule has 266 valence electrons. The number of hydrogen-bond donors (Lipinski definition) is 2. The number of piperidine rings is 1. The lowest BCUT2D eigenvalue weighted by Crippen LogP contribution is -2.43. The van der Waals surface area contributed by atoms with Gasteiger partial charge in [-0.15, -0.1) is 6.42 Å². The number of methoxy groups -OCH3 is 1. The van der Waals surface area contributed by atoms with Crippen LogP contribution in [-0.4, -0.2) is 86.1 Å². The second-order valence-electron chi connectivity index (χ2n) is 13.0. The Bertz CT molecular complexity index is 1890. The summed E-state index contributed by atoms with van der Waals surface area (Å²) in [5.41, 5.74) is 0.586. The zero-order chi connectivity index (χ0) is 35.4. The minimum Gasteiger partial charge on any atom is -0.468 e. The van der Waals surface area contributed by atoms with Crippen molar-refractivity contribution in [3.63, 3.8) is 0 Å². The first-order valence-electron chi connectivity index (χ1n) is 17.0. The first-order valence-corrected chi connectivity index (χ1v) is 17.0. The second kappa shape index (κ2) is 15.7. The summed E-state index contributed by atoms with van der Waals surface area (Å²) in [6.45, 7) is 4.44. The van der Waals surface area contributed by atoms with Crippen molar-refractivity contribution in [3.05, 3.63) is 47.2 Å². The Balaban J connectivity index is 1.52. The molecule has 4 aromatic rings. The average Bonchev–Trinajstić information content (AvgIpc) is 3.09. The molecule has 2 aliphatic heterocycles.